The van der Waals surface area contributed by atoms with E-state index in [1.165, 1.54) is 11.0 Å². The lowest BCUT2D eigenvalue weighted by Gasteiger charge is -2.08. The first-order valence-corrected chi connectivity index (χ1v) is 6.36. The zero-order chi connectivity index (χ0) is 15.0. The largest absolute Gasteiger partial charge is 0.411 e. The van der Waals surface area contributed by atoms with E-state index in [1.807, 2.05) is 11.5 Å². The maximum Gasteiger partial charge on any atom is 0.235 e. The predicted octanol–water partition coefficient (Wildman–Crippen LogP) is 0.812. The van der Waals surface area contributed by atoms with Gasteiger partial charge in [0.25, 0.3) is 0 Å². The summed E-state index contributed by atoms with van der Waals surface area (Å²) in [6.45, 7) is 4.32. The average Bonchev–Trinajstić information content (AvgIpc) is 3.08. The van der Waals surface area contributed by atoms with Gasteiger partial charge >= 0.3 is 0 Å². The Labute approximate surface area is 119 Å². The molecule has 0 amide bonds. The van der Waals surface area contributed by atoms with Gasteiger partial charge in [-0.2, -0.15) is 14.8 Å². The maximum absolute atomic E-state index is 9.03. The van der Waals surface area contributed by atoms with Crippen molar-refractivity contribution in [2.24, 2.45) is 5.16 Å². The van der Waals surface area contributed by atoms with Crippen molar-refractivity contribution in [2.75, 3.05) is 5.73 Å². The fraction of sp³-hybridized carbons (Fsp3) is 0.250. The molecule has 0 aromatic carbocycles. The second kappa shape index (κ2) is 4.85. The number of nitrogen functional groups attached to an aromatic ring is 1. The number of hydrogen-bond donors (Lipinski definition) is 2. The second-order valence-electron chi connectivity index (χ2n) is 4.43. The predicted molar refractivity (Wildman–Crippen MR) is 76.5 cm³/mol. The molecule has 3 heterocycles. The molecular weight excluding hydrogens is 272 g/mol. The summed E-state index contributed by atoms with van der Waals surface area (Å²) in [5.74, 6) is 0.796. The van der Waals surface area contributed by atoms with Crippen LogP contribution >= 0.6 is 0 Å². The van der Waals surface area contributed by atoms with Crippen LogP contribution in [0.5, 0.6) is 0 Å². The monoisotopic (exact) mass is 286 g/mol. The summed E-state index contributed by atoms with van der Waals surface area (Å²) in [5, 5.41) is 16.4. The summed E-state index contributed by atoms with van der Waals surface area (Å²) in [7, 11) is 0. The summed E-state index contributed by atoms with van der Waals surface area (Å²) in [6.07, 6.45) is 4.65. The molecule has 0 bridgehead atoms. The normalized spacial score (nSPS) is 12.2. The molecule has 0 saturated heterocycles. The van der Waals surface area contributed by atoms with Gasteiger partial charge in [0.2, 0.25) is 11.9 Å². The zero-order valence-electron chi connectivity index (χ0n) is 11.6. The Hall–Kier alpha value is -2.97. The van der Waals surface area contributed by atoms with Gasteiger partial charge in [0.15, 0.2) is 0 Å². The molecule has 0 aliphatic carbocycles. The van der Waals surface area contributed by atoms with Gasteiger partial charge in [-0.05, 0) is 13.8 Å². The molecule has 3 N–H and O–H groups in total. The van der Waals surface area contributed by atoms with Gasteiger partial charge in [-0.3, -0.25) is 4.98 Å². The van der Waals surface area contributed by atoms with Crippen molar-refractivity contribution in [1.82, 2.24) is 29.3 Å². The van der Waals surface area contributed by atoms with Gasteiger partial charge < -0.3 is 15.5 Å². The highest BCUT2D eigenvalue weighted by Gasteiger charge is 2.18. The molecule has 3 aromatic rings. The topological polar surface area (TPSA) is 120 Å². The molecule has 21 heavy (non-hydrogen) atoms. The SMILES string of the molecule is CCn1c(-n2ncnc2N)nc2cncc(C(C)=NO)c21. The quantitative estimate of drug-likeness (QED) is 0.417. The van der Waals surface area contributed by atoms with E-state index in [9.17, 15) is 0 Å². The van der Waals surface area contributed by atoms with Crippen molar-refractivity contribution in [1.29, 1.82) is 0 Å². The number of aromatic nitrogens is 6. The lowest BCUT2D eigenvalue weighted by molar-refractivity contribution is 0.319. The smallest absolute Gasteiger partial charge is 0.235 e. The first-order valence-electron chi connectivity index (χ1n) is 6.36. The van der Waals surface area contributed by atoms with Gasteiger partial charge in [0.1, 0.15) is 11.8 Å². The molecule has 0 aliphatic rings. The minimum atomic E-state index is 0.252. The molecule has 0 aliphatic heterocycles. The van der Waals surface area contributed by atoms with Crippen LogP contribution in [0.25, 0.3) is 17.0 Å². The molecule has 9 heteroatoms. The summed E-state index contributed by atoms with van der Waals surface area (Å²) in [4.78, 5) is 12.5. The number of anilines is 1. The number of aryl methyl sites for hydroxylation is 1. The molecule has 0 fully saturated rings. The Bertz CT molecular complexity index is 831. The molecule has 0 spiro atoms. The lowest BCUT2D eigenvalue weighted by atomic mass is 10.1. The first kappa shape index (κ1) is 13.0. The number of imidazole rings is 1. The lowest BCUT2D eigenvalue weighted by Crippen LogP contribution is -2.11. The third-order valence-corrected chi connectivity index (χ3v) is 3.25. The van der Waals surface area contributed by atoms with Crippen LogP contribution in [0.1, 0.15) is 19.4 Å². The molecule has 3 rings (SSSR count). The van der Waals surface area contributed by atoms with E-state index >= 15 is 0 Å². The van der Waals surface area contributed by atoms with E-state index < -0.39 is 0 Å². The second-order valence-corrected chi connectivity index (χ2v) is 4.43. The van der Waals surface area contributed by atoms with E-state index in [1.54, 1.807) is 19.3 Å². The number of oxime groups is 1. The third-order valence-electron chi connectivity index (χ3n) is 3.25. The third kappa shape index (κ3) is 1.90. The standard InChI is InChI=1S/C12H14N8O/c1-3-19-10-8(7(2)18-21)4-14-5-9(10)17-12(19)20-11(13)15-6-16-20/h4-6,21H,3H2,1-2H3,(H2,13,15,16). The van der Waals surface area contributed by atoms with Crippen LogP contribution in [0.2, 0.25) is 0 Å². The van der Waals surface area contributed by atoms with Gasteiger partial charge in [-0.15, -0.1) is 0 Å². The molecule has 0 saturated carbocycles. The summed E-state index contributed by atoms with van der Waals surface area (Å²) in [5.41, 5.74) is 8.44. The average molecular weight is 286 g/mol. The van der Waals surface area contributed by atoms with E-state index in [4.69, 9.17) is 10.9 Å². The molecule has 0 radical (unpaired) electrons. The molecule has 9 nitrogen and oxygen atoms in total. The zero-order valence-corrected chi connectivity index (χ0v) is 11.6. The number of pyridine rings is 1. The van der Waals surface area contributed by atoms with Crippen LogP contribution in [0, 0.1) is 0 Å². The van der Waals surface area contributed by atoms with E-state index in [-0.39, 0.29) is 5.95 Å². The van der Waals surface area contributed by atoms with E-state index in [0.29, 0.717) is 29.3 Å². The summed E-state index contributed by atoms with van der Waals surface area (Å²) >= 11 is 0. The van der Waals surface area contributed by atoms with Crippen LogP contribution < -0.4 is 5.73 Å². The van der Waals surface area contributed by atoms with Crippen LogP contribution in [-0.4, -0.2) is 40.2 Å². The van der Waals surface area contributed by atoms with E-state index in [2.05, 4.69) is 25.2 Å². The van der Waals surface area contributed by atoms with E-state index in [0.717, 1.165) is 5.52 Å². The Kier molecular flexibility index (Phi) is 3.01. The van der Waals surface area contributed by atoms with Crippen LogP contribution in [0.4, 0.5) is 5.95 Å². The van der Waals surface area contributed by atoms with Crippen LogP contribution in [0.3, 0.4) is 0 Å². The Morgan fingerprint density at radius 2 is 2.24 bits per heavy atom. The number of nitrogens with zero attached hydrogens (tertiary/aromatic N) is 7. The Morgan fingerprint density at radius 3 is 2.86 bits per heavy atom. The Morgan fingerprint density at radius 1 is 1.43 bits per heavy atom. The van der Waals surface area contributed by atoms with Crippen LogP contribution in [-0.2, 0) is 6.54 Å². The van der Waals surface area contributed by atoms with Crippen molar-refractivity contribution in [3.63, 3.8) is 0 Å². The molecule has 3 aromatic heterocycles. The minimum Gasteiger partial charge on any atom is -0.411 e. The number of nitrogens with two attached hydrogens (primary N) is 1. The summed E-state index contributed by atoms with van der Waals surface area (Å²) < 4.78 is 3.38. The Balaban J connectivity index is 2.37. The first-order chi connectivity index (χ1) is 10.2. The highest BCUT2D eigenvalue weighted by Crippen LogP contribution is 2.23. The van der Waals surface area contributed by atoms with Gasteiger partial charge in [-0.1, -0.05) is 5.16 Å². The molecular formula is C12H14N8O. The molecule has 0 unspecified atom stereocenters. The van der Waals surface area contributed by atoms with Crippen molar-refractivity contribution < 1.29 is 5.21 Å². The fourth-order valence-electron chi connectivity index (χ4n) is 2.26. The van der Waals surface area contributed by atoms with Crippen LogP contribution in [0.15, 0.2) is 23.9 Å². The number of fused-ring (bicyclic) bond motifs is 1. The number of rotatable bonds is 3. The highest BCUT2D eigenvalue weighted by atomic mass is 16.4. The fourth-order valence-corrected chi connectivity index (χ4v) is 2.26. The highest BCUT2D eigenvalue weighted by molar-refractivity contribution is 6.07. The van der Waals surface area contributed by atoms with Crippen molar-refractivity contribution >= 4 is 22.7 Å². The molecule has 108 valence electrons. The molecule has 0 atom stereocenters. The van der Waals surface area contributed by atoms with Gasteiger partial charge in [-0.25, -0.2) is 4.98 Å². The van der Waals surface area contributed by atoms with Gasteiger partial charge in [0, 0.05) is 18.3 Å². The van der Waals surface area contributed by atoms with Gasteiger partial charge in [0.05, 0.1) is 17.4 Å². The van der Waals surface area contributed by atoms with Crippen molar-refractivity contribution in [2.45, 2.75) is 20.4 Å². The maximum atomic E-state index is 9.03. The van der Waals surface area contributed by atoms with Crippen molar-refractivity contribution in [3.8, 4) is 5.95 Å². The van der Waals surface area contributed by atoms with Crippen molar-refractivity contribution in [3.05, 3.63) is 24.3 Å². The number of hydrogen-bond acceptors (Lipinski definition) is 7. The summed E-state index contributed by atoms with van der Waals surface area (Å²) in [6, 6.07) is 0. The minimum absolute atomic E-state index is 0.252.